The molecule has 0 saturated heterocycles. The molecule has 0 spiro atoms. The van der Waals surface area contributed by atoms with Crippen molar-refractivity contribution in [2.24, 2.45) is 10.8 Å². The summed E-state index contributed by atoms with van der Waals surface area (Å²) in [4.78, 5) is 4.52. The highest BCUT2D eigenvalue weighted by Gasteiger charge is 2.36. The summed E-state index contributed by atoms with van der Waals surface area (Å²) in [6, 6.07) is 0.254. The van der Waals surface area contributed by atoms with Crippen LogP contribution in [0.3, 0.4) is 0 Å². The van der Waals surface area contributed by atoms with Gasteiger partial charge in [0.1, 0.15) is 5.84 Å². The Kier molecular flexibility index (Phi) is 3.16. The van der Waals surface area contributed by atoms with Crippen molar-refractivity contribution in [2.45, 2.75) is 32.7 Å². The van der Waals surface area contributed by atoms with Crippen molar-refractivity contribution in [3.05, 3.63) is 11.3 Å². The summed E-state index contributed by atoms with van der Waals surface area (Å²) in [5.74, 6) is 7.14. The van der Waals surface area contributed by atoms with Crippen LogP contribution < -0.4 is 11.2 Å². The van der Waals surface area contributed by atoms with Crippen molar-refractivity contribution in [1.29, 1.82) is 0 Å². The smallest absolute Gasteiger partial charge is 0.127 e. The van der Waals surface area contributed by atoms with Gasteiger partial charge >= 0.3 is 0 Å². The molecular weight excluding hydrogens is 202 g/mol. The molecule has 2 aliphatic heterocycles. The van der Waals surface area contributed by atoms with Crippen LogP contribution in [0.25, 0.3) is 0 Å². The summed E-state index contributed by atoms with van der Waals surface area (Å²) in [7, 11) is 2.02. The Morgan fingerprint density at radius 3 is 2.75 bits per heavy atom. The maximum atomic E-state index is 6.09. The van der Waals surface area contributed by atoms with Crippen LogP contribution in [0.1, 0.15) is 26.7 Å². The Morgan fingerprint density at radius 2 is 2.25 bits per heavy atom. The number of nitrogens with zero attached hydrogens (tertiary/aromatic N) is 3. The Bertz CT molecular complexity index is 333. The molecule has 0 bridgehead atoms. The van der Waals surface area contributed by atoms with Gasteiger partial charge in [-0.2, -0.15) is 5.12 Å². The normalized spacial score (nSPS) is 26.4. The number of allylic oxidation sites excluding steroid dienone is 1. The molecule has 0 amide bonds. The van der Waals surface area contributed by atoms with Crippen molar-refractivity contribution >= 4 is 5.84 Å². The lowest BCUT2D eigenvalue weighted by molar-refractivity contribution is 0.0253. The minimum atomic E-state index is 0.254. The zero-order valence-corrected chi connectivity index (χ0v) is 10.3. The second kappa shape index (κ2) is 4.43. The molecule has 0 radical (unpaired) electrons. The molecule has 0 aromatic rings. The topological polar surface area (TPSA) is 56.9 Å². The number of amidine groups is 1. The first kappa shape index (κ1) is 11.4. The van der Waals surface area contributed by atoms with Gasteiger partial charge in [0, 0.05) is 24.9 Å². The maximum absolute atomic E-state index is 6.09. The van der Waals surface area contributed by atoms with Crippen LogP contribution in [0.15, 0.2) is 16.3 Å². The fourth-order valence-electron chi connectivity index (χ4n) is 2.53. The first-order chi connectivity index (χ1) is 7.70. The number of nitrogens with one attached hydrogen (secondary N) is 1. The highest BCUT2D eigenvalue weighted by molar-refractivity contribution is 6.01. The molecule has 0 aromatic carbocycles. The van der Waals surface area contributed by atoms with Crippen molar-refractivity contribution in [3.63, 3.8) is 0 Å². The van der Waals surface area contributed by atoms with Crippen molar-refractivity contribution in [2.75, 3.05) is 20.1 Å². The van der Waals surface area contributed by atoms with Crippen LogP contribution >= 0.6 is 0 Å². The summed E-state index contributed by atoms with van der Waals surface area (Å²) >= 11 is 0. The van der Waals surface area contributed by atoms with Gasteiger partial charge in [0.05, 0.1) is 12.6 Å². The third-order valence-electron chi connectivity index (χ3n) is 3.35. The molecule has 2 aliphatic rings. The van der Waals surface area contributed by atoms with Gasteiger partial charge in [-0.1, -0.05) is 13.8 Å². The lowest BCUT2D eigenvalue weighted by atomic mass is 10.0. The molecule has 0 aliphatic carbocycles. The molecule has 16 heavy (non-hydrogen) atoms. The summed E-state index contributed by atoms with van der Waals surface area (Å²) in [5, 5.41) is 7.22. The zero-order valence-electron chi connectivity index (χ0n) is 10.3. The minimum Gasteiger partial charge on any atom is -0.368 e. The van der Waals surface area contributed by atoms with Crippen LogP contribution in [0, 0.1) is 0 Å². The summed E-state index contributed by atoms with van der Waals surface area (Å²) < 4.78 is 0. The monoisotopic (exact) mass is 223 g/mol. The van der Waals surface area contributed by atoms with E-state index in [0.717, 1.165) is 31.8 Å². The van der Waals surface area contributed by atoms with Crippen LogP contribution in [0.2, 0.25) is 0 Å². The summed E-state index contributed by atoms with van der Waals surface area (Å²) in [6.07, 6.45) is 1.98. The molecule has 3 N–H and O–H groups in total. The van der Waals surface area contributed by atoms with Gasteiger partial charge in [0.15, 0.2) is 0 Å². The number of rotatable bonds is 3. The Hall–Kier alpha value is -1.07. The average Bonchev–Trinajstić information content (AvgIpc) is 2.87. The van der Waals surface area contributed by atoms with Gasteiger partial charge in [-0.25, -0.2) is 5.84 Å². The predicted molar refractivity (Wildman–Crippen MR) is 65.5 cm³/mol. The molecule has 2 heterocycles. The average molecular weight is 223 g/mol. The SMILES string of the molecule is CCC1=C(C2=NCCN2)C(CC)N(N)N1C. The first-order valence-electron chi connectivity index (χ1n) is 6.00. The van der Waals surface area contributed by atoms with E-state index in [0.29, 0.717) is 0 Å². The molecular formula is C11H21N5. The van der Waals surface area contributed by atoms with Crippen molar-refractivity contribution in [3.8, 4) is 0 Å². The highest BCUT2D eigenvalue weighted by Crippen LogP contribution is 2.30. The van der Waals surface area contributed by atoms with E-state index >= 15 is 0 Å². The van der Waals surface area contributed by atoms with Crippen LogP contribution in [-0.2, 0) is 0 Å². The number of hydrogen-bond donors (Lipinski definition) is 2. The molecule has 5 nitrogen and oxygen atoms in total. The number of aliphatic imine (C=N–C) groups is 1. The van der Waals surface area contributed by atoms with Crippen LogP contribution in [0.5, 0.6) is 0 Å². The van der Waals surface area contributed by atoms with Crippen LogP contribution in [0.4, 0.5) is 0 Å². The molecule has 2 rings (SSSR count). The molecule has 5 heteroatoms. The highest BCUT2D eigenvalue weighted by atomic mass is 15.8. The largest absolute Gasteiger partial charge is 0.368 e. The van der Waals surface area contributed by atoms with E-state index in [1.165, 1.54) is 11.3 Å². The molecule has 0 saturated carbocycles. The molecule has 0 fully saturated rings. The number of nitrogens with two attached hydrogens (primary N) is 1. The minimum absolute atomic E-state index is 0.254. The summed E-state index contributed by atoms with van der Waals surface area (Å²) in [6.45, 7) is 6.14. The van der Waals surface area contributed by atoms with E-state index in [-0.39, 0.29) is 6.04 Å². The molecule has 0 aromatic heterocycles. The van der Waals surface area contributed by atoms with Gasteiger partial charge in [-0.3, -0.25) is 10.0 Å². The lowest BCUT2D eigenvalue weighted by Crippen LogP contribution is -2.46. The fourth-order valence-corrected chi connectivity index (χ4v) is 2.53. The molecule has 1 atom stereocenters. The van der Waals surface area contributed by atoms with Crippen molar-refractivity contribution < 1.29 is 0 Å². The first-order valence-corrected chi connectivity index (χ1v) is 6.00. The Morgan fingerprint density at radius 1 is 1.50 bits per heavy atom. The lowest BCUT2D eigenvalue weighted by Gasteiger charge is -2.27. The third kappa shape index (κ3) is 1.60. The maximum Gasteiger partial charge on any atom is 0.127 e. The van der Waals surface area contributed by atoms with Gasteiger partial charge in [0.2, 0.25) is 0 Å². The van der Waals surface area contributed by atoms with E-state index in [4.69, 9.17) is 5.84 Å². The van der Waals surface area contributed by atoms with Gasteiger partial charge < -0.3 is 5.32 Å². The number of hydrazine groups is 2. The van der Waals surface area contributed by atoms with E-state index in [2.05, 4.69) is 24.2 Å². The second-order valence-electron chi connectivity index (χ2n) is 4.20. The Balaban J connectivity index is 2.38. The summed E-state index contributed by atoms with van der Waals surface area (Å²) in [5.41, 5.74) is 2.56. The standard InChI is InChI=1S/C11H21N5/c1-4-8-10(11-13-6-7-14-11)9(5-2)16(12)15(8)3/h9H,4-7,12H2,1-3H3,(H,13,14). The molecule has 90 valence electrons. The quantitative estimate of drug-likeness (QED) is 0.683. The fraction of sp³-hybridized carbons (Fsp3) is 0.727. The zero-order chi connectivity index (χ0) is 11.7. The third-order valence-corrected chi connectivity index (χ3v) is 3.35. The molecule has 1 unspecified atom stereocenters. The van der Waals surface area contributed by atoms with E-state index < -0.39 is 0 Å². The van der Waals surface area contributed by atoms with Gasteiger partial charge in [-0.15, -0.1) is 0 Å². The second-order valence-corrected chi connectivity index (χ2v) is 4.20. The van der Waals surface area contributed by atoms with Gasteiger partial charge in [0.25, 0.3) is 0 Å². The van der Waals surface area contributed by atoms with E-state index in [1.54, 1.807) is 0 Å². The Labute approximate surface area is 96.9 Å². The van der Waals surface area contributed by atoms with Crippen molar-refractivity contribution in [1.82, 2.24) is 15.4 Å². The predicted octanol–water partition coefficient (Wildman–Crippen LogP) is 0.467. The van der Waals surface area contributed by atoms with E-state index in [9.17, 15) is 0 Å². The van der Waals surface area contributed by atoms with Gasteiger partial charge in [-0.05, 0) is 12.8 Å². The number of hydrogen-bond acceptors (Lipinski definition) is 5. The van der Waals surface area contributed by atoms with Crippen LogP contribution in [-0.4, -0.2) is 42.1 Å². The van der Waals surface area contributed by atoms with E-state index in [1.807, 2.05) is 17.2 Å².